The number of pyridine rings is 1. The first-order valence-electron chi connectivity index (χ1n) is 7.53. The summed E-state index contributed by atoms with van der Waals surface area (Å²) >= 11 is 0. The topological polar surface area (TPSA) is 57.6 Å². The van der Waals surface area contributed by atoms with E-state index < -0.39 is 0 Å². The van der Waals surface area contributed by atoms with Crippen LogP contribution < -0.4 is 5.32 Å². The van der Waals surface area contributed by atoms with Gasteiger partial charge in [0, 0.05) is 30.5 Å². The molecule has 2 rings (SSSR count). The quantitative estimate of drug-likeness (QED) is 0.844. The van der Waals surface area contributed by atoms with Gasteiger partial charge in [0.2, 0.25) is 0 Å². The molecule has 1 saturated heterocycles. The Morgan fingerprint density at radius 3 is 2.71 bits per heavy atom. The van der Waals surface area contributed by atoms with Gasteiger partial charge in [0.15, 0.2) is 0 Å². The zero-order valence-electron chi connectivity index (χ0n) is 13.5. The van der Waals surface area contributed by atoms with Crippen LogP contribution in [0.15, 0.2) is 12.1 Å². The number of aryl methyl sites for hydroxylation is 2. The number of morpholine rings is 1. The lowest BCUT2D eigenvalue weighted by molar-refractivity contribution is -0.106. The van der Waals surface area contributed by atoms with Crippen molar-refractivity contribution in [1.82, 2.24) is 15.2 Å². The summed E-state index contributed by atoms with van der Waals surface area (Å²) in [5.74, 6) is 0. The largest absolute Gasteiger partial charge is 0.394 e. The second-order valence-corrected chi connectivity index (χ2v) is 6.22. The van der Waals surface area contributed by atoms with Crippen LogP contribution in [-0.4, -0.2) is 60.0 Å². The molecule has 0 saturated carbocycles. The lowest BCUT2D eigenvalue weighted by atomic mass is 9.96. The number of likely N-dealkylation sites (N-methyl/N-ethyl adjacent to an activating group) is 1. The SMILES string of the molecule is Cc1cc(CNC[C@]2(CO)COC[C@@H](C)N2C)cc(C)n1. The van der Waals surface area contributed by atoms with Gasteiger partial charge in [0.25, 0.3) is 0 Å². The molecule has 0 radical (unpaired) electrons. The number of hydrogen-bond acceptors (Lipinski definition) is 5. The zero-order valence-corrected chi connectivity index (χ0v) is 13.5. The van der Waals surface area contributed by atoms with Crippen molar-refractivity contribution in [3.05, 3.63) is 29.1 Å². The third-order valence-electron chi connectivity index (χ3n) is 4.36. The number of nitrogens with zero attached hydrogens (tertiary/aromatic N) is 2. The Kier molecular flexibility index (Phi) is 5.32. The van der Waals surface area contributed by atoms with E-state index >= 15 is 0 Å². The third-order valence-corrected chi connectivity index (χ3v) is 4.36. The monoisotopic (exact) mass is 293 g/mol. The molecular weight excluding hydrogens is 266 g/mol. The molecule has 2 atom stereocenters. The van der Waals surface area contributed by atoms with Crippen molar-refractivity contribution in [2.75, 3.05) is 33.4 Å². The van der Waals surface area contributed by atoms with Crippen LogP contribution in [0, 0.1) is 13.8 Å². The number of rotatable bonds is 5. The van der Waals surface area contributed by atoms with Crippen LogP contribution in [0.3, 0.4) is 0 Å². The maximum atomic E-state index is 9.84. The van der Waals surface area contributed by atoms with Gasteiger partial charge in [0.1, 0.15) is 0 Å². The van der Waals surface area contributed by atoms with Gasteiger partial charge in [0.05, 0.1) is 25.4 Å². The second kappa shape index (κ2) is 6.83. The molecule has 0 spiro atoms. The number of aromatic nitrogens is 1. The van der Waals surface area contributed by atoms with Gasteiger partial charge in [-0.2, -0.15) is 0 Å². The predicted octanol–water partition coefficient (Wildman–Crippen LogP) is 0.870. The molecule has 1 aliphatic rings. The van der Waals surface area contributed by atoms with E-state index in [0.29, 0.717) is 19.2 Å². The maximum Gasteiger partial charge on any atom is 0.0802 e. The highest BCUT2D eigenvalue weighted by Crippen LogP contribution is 2.21. The summed E-state index contributed by atoms with van der Waals surface area (Å²) < 4.78 is 5.65. The molecule has 1 fully saturated rings. The van der Waals surface area contributed by atoms with Gasteiger partial charge >= 0.3 is 0 Å². The minimum absolute atomic E-state index is 0.0925. The summed E-state index contributed by atoms with van der Waals surface area (Å²) in [7, 11) is 2.06. The summed E-state index contributed by atoms with van der Waals surface area (Å²) in [5, 5.41) is 13.3. The van der Waals surface area contributed by atoms with Gasteiger partial charge in [-0.15, -0.1) is 0 Å². The minimum atomic E-state index is -0.339. The van der Waals surface area contributed by atoms with Crippen LogP contribution in [-0.2, 0) is 11.3 Å². The molecule has 118 valence electrons. The Labute approximate surface area is 127 Å². The van der Waals surface area contributed by atoms with Crippen molar-refractivity contribution in [3.63, 3.8) is 0 Å². The van der Waals surface area contributed by atoms with E-state index in [1.807, 2.05) is 13.8 Å². The molecule has 21 heavy (non-hydrogen) atoms. The van der Waals surface area contributed by atoms with Gasteiger partial charge in [-0.05, 0) is 45.5 Å². The van der Waals surface area contributed by atoms with Crippen LogP contribution in [0.25, 0.3) is 0 Å². The highest BCUT2D eigenvalue weighted by Gasteiger charge is 2.39. The normalized spacial score (nSPS) is 27.0. The molecule has 2 heterocycles. The Morgan fingerprint density at radius 2 is 2.10 bits per heavy atom. The highest BCUT2D eigenvalue weighted by molar-refractivity contribution is 5.20. The summed E-state index contributed by atoms with van der Waals surface area (Å²) in [5.41, 5.74) is 2.96. The summed E-state index contributed by atoms with van der Waals surface area (Å²) in [6, 6.07) is 4.50. The number of nitrogens with one attached hydrogen (secondary N) is 1. The Bertz CT molecular complexity index is 460. The Hall–Kier alpha value is -1.01. The van der Waals surface area contributed by atoms with Crippen molar-refractivity contribution in [2.24, 2.45) is 0 Å². The standard InChI is InChI=1S/C16H27N3O2/c1-12-5-15(6-13(2)18-12)7-17-9-16(10-20)11-21-8-14(3)19(16)4/h5-6,14,17,20H,7-11H2,1-4H3/t14-,16+/m1/s1. The predicted molar refractivity (Wildman–Crippen MR) is 83.3 cm³/mol. The minimum Gasteiger partial charge on any atom is -0.394 e. The van der Waals surface area contributed by atoms with Gasteiger partial charge in [-0.25, -0.2) is 0 Å². The Morgan fingerprint density at radius 1 is 1.43 bits per heavy atom. The summed E-state index contributed by atoms with van der Waals surface area (Å²) in [6.07, 6.45) is 0. The average Bonchev–Trinajstić information content (AvgIpc) is 2.42. The maximum absolute atomic E-state index is 9.84. The number of aliphatic hydroxyl groups excluding tert-OH is 1. The summed E-state index contributed by atoms with van der Waals surface area (Å²) in [4.78, 5) is 6.62. The number of aliphatic hydroxyl groups is 1. The molecule has 1 aliphatic heterocycles. The fourth-order valence-electron chi connectivity index (χ4n) is 2.95. The number of ether oxygens (including phenoxy) is 1. The lowest BCUT2D eigenvalue weighted by Crippen LogP contribution is -2.65. The van der Waals surface area contributed by atoms with Crippen molar-refractivity contribution < 1.29 is 9.84 Å². The van der Waals surface area contributed by atoms with E-state index in [0.717, 1.165) is 24.5 Å². The van der Waals surface area contributed by atoms with E-state index in [9.17, 15) is 5.11 Å². The van der Waals surface area contributed by atoms with Crippen molar-refractivity contribution in [1.29, 1.82) is 0 Å². The van der Waals surface area contributed by atoms with E-state index in [-0.39, 0.29) is 12.1 Å². The zero-order chi connectivity index (χ0) is 15.5. The number of hydrogen-bond donors (Lipinski definition) is 2. The van der Waals surface area contributed by atoms with Gasteiger partial charge < -0.3 is 15.2 Å². The van der Waals surface area contributed by atoms with Gasteiger partial charge in [-0.3, -0.25) is 9.88 Å². The first-order valence-corrected chi connectivity index (χ1v) is 7.53. The molecule has 2 N–H and O–H groups in total. The molecule has 0 unspecified atom stereocenters. The fraction of sp³-hybridized carbons (Fsp3) is 0.688. The first kappa shape index (κ1) is 16.4. The van der Waals surface area contributed by atoms with E-state index in [1.165, 1.54) is 5.56 Å². The smallest absolute Gasteiger partial charge is 0.0802 e. The van der Waals surface area contributed by atoms with Crippen LogP contribution in [0.1, 0.15) is 23.9 Å². The van der Waals surface area contributed by atoms with Gasteiger partial charge in [-0.1, -0.05) is 0 Å². The molecule has 0 bridgehead atoms. The molecule has 5 nitrogen and oxygen atoms in total. The second-order valence-electron chi connectivity index (χ2n) is 6.22. The Balaban J connectivity index is 1.97. The van der Waals surface area contributed by atoms with Crippen molar-refractivity contribution in [2.45, 2.75) is 38.9 Å². The molecule has 5 heteroatoms. The molecule has 0 amide bonds. The van der Waals surface area contributed by atoms with Crippen LogP contribution >= 0.6 is 0 Å². The first-order chi connectivity index (χ1) is 9.97. The lowest BCUT2D eigenvalue weighted by Gasteiger charge is -2.47. The molecule has 1 aromatic heterocycles. The van der Waals surface area contributed by atoms with E-state index in [1.54, 1.807) is 0 Å². The van der Waals surface area contributed by atoms with E-state index in [4.69, 9.17) is 4.74 Å². The van der Waals surface area contributed by atoms with Crippen molar-refractivity contribution >= 4 is 0 Å². The van der Waals surface area contributed by atoms with Crippen LogP contribution in [0.5, 0.6) is 0 Å². The summed E-state index contributed by atoms with van der Waals surface area (Å²) in [6.45, 7) is 8.99. The third kappa shape index (κ3) is 3.80. The van der Waals surface area contributed by atoms with Crippen LogP contribution in [0.2, 0.25) is 0 Å². The van der Waals surface area contributed by atoms with Crippen LogP contribution in [0.4, 0.5) is 0 Å². The molecule has 0 aromatic carbocycles. The van der Waals surface area contributed by atoms with Crippen molar-refractivity contribution in [3.8, 4) is 0 Å². The molecule has 0 aliphatic carbocycles. The average molecular weight is 293 g/mol. The van der Waals surface area contributed by atoms with E-state index in [2.05, 4.69) is 41.3 Å². The fourth-order valence-corrected chi connectivity index (χ4v) is 2.95. The molecular formula is C16H27N3O2. The molecule has 1 aromatic rings. The highest BCUT2D eigenvalue weighted by atomic mass is 16.5.